The Bertz CT molecular complexity index is 1170. The fourth-order valence-electron chi connectivity index (χ4n) is 3.01. The van der Waals surface area contributed by atoms with Gasteiger partial charge in [0.2, 0.25) is 0 Å². The van der Waals surface area contributed by atoms with E-state index in [1.165, 1.54) is 0 Å². The fraction of sp³-hybridized carbons (Fsp3) is 0.455. The summed E-state index contributed by atoms with van der Waals surface area (Å²) in [5.74, 6) is 0.154. The Balaban J connectivity index is 0.000000273. The van der Waals surface area contributed by atoms with E-state index in [0.717, 1.165) is 34.9 Å². The summed E-state index contributed by atoms with van der Waals surface area (Å²) in [6.07, 6.45) is 1.39. The van der Waals surface area contributed by atoms with Gasteiger partial charge in [-0.2, -0.15) is 5.26 Å². The molecule has 3 rings (SSSR count). The molecule has 0 fully saturated rings. The van der Waals surface area contributed by atoms with Gasteiger partial charge in [0, 0.05) is 25.8 Å². The van der Waals surface area contributed by atoms with Gasteiger partial charge in [0.25, 0.3) is 12.3 Å². The molecule has 3 aromatic rings. The van der Waals surface area contributed by atoms with Gasteiger partial charge in [0.1, 0.15) is 28.8 Å². The molecule has 0 aromatic carbocycles. The van der Waals surface area contributed by atoms with Crippen LogP contribution in [0.4, 0.5) is 8.78 Å². The predicted molar refractivity (Wildman–Crippen MR) is 118 cm³/mol. The highest BCUT2D eigenvalue weighted by Crippen LogP contribution is 2.26. The first kappa shape index (κ1) is 25.7. The third-order valence-electron chi connectivity index (χ3n) is 4.96. The van der Waals surface area contributed by atoms with Gasteiger partial charge in [-0.25, -0.2) is 23.7 Å². The molecule has 0 saturated heterocycles. The number of pyridine rings is 1. The van der Waals surface area contributed by atoms with Crippen molar-refractivity contribution < 1.29 is 18.3 Å². The van der Waals surface area contributed by atoms with Crippen LogP contribution < -0.4 is 5.73 Å². The van der Waals surface area contributed by atoms with E-state index in [2.05, 4.69) is 39.4 Å². The highest BCUT2D eigenvalue weighted by Gasteiger charge is 2.24. The molecule has 0 aliphatic rings. The third-order valence-corrected chi connectivity index (χ3v) is 4.96. The second-order valence-electron chi connectivity index (χ2n) is 8.20. The van der Waals surface area contributed by atoms with E-state index < -0.39 is 18.0 Å². The zero-order chi connectivity index (χ0) is 24.9. The SMILES string of the molecule is COC(C)(C)Cc1nc2c(C)c(C#N)cnc2n1C(C)C.NC(=O)c1cnc(C(F)F)cn1. The number of alkyl halides is 2. The van der Waals surface area contributed by atoms with Crippen molar-refractivity contribution in [3.8, 4) is 6.07 Å². The molecule has 9 nitrogen and oxygen atoms in total. The van der Waals surface area contributed by atoms with Crippen LogP contribution >= 0.6 is 0 Å². The molecule has 176 valence electrons. The maximum absolute atomic E-state index is 11.9. The standard InChI is InChI=1S/C16H22N4O.C6H5F2N3O/c1-10(2)20-13(7-16(4,5)21-6)19-14-11(3)12(8-17)9-18-15(14)20;7-5(8)3-1-11-4(2-10-3)6(9)12/h9-10H,7H2,1-6H3;1-2,5H,(H2,9,12). The Hall–Kier alpha value is -3.52. The molecule has 3 aromatic heterocycles. The number of imidazole rings is 1. The van der Waals surface area contributed by atoms with Crippen molar-refractivity contribution >= 4 is 17.1 Å². The number of nitrogens with two attached hydrogens (primary N) is 1. The lowest BCUT2D eigenvalue weighted by molar-refractivity contribution is 0.0208. The molecular formula is C22H27F2N7O2. The molecule has 0 unspecified atom stereocenters. The van der Waals surface area contributed by atoms with Gasteiger partial charge in [-0.15, -0.1) is 0 Å². The second kappa shape index (κ2) is 10.4. The molecule has 0 atom stereocenters. The zero-order valence-corrected chi connectivity index (χ0v) is 19.4. The number of methoxy groups -OCH3 is 1. The first-order valence-corrected chi connectivity index (χ1v) is 10.1. The minimum atomic E-state index is -2.68. The van der Waals surface area contributed by atoms with Crippen molar-refractivity contribution in [2.45, 2.75) is 59.1 Å². The Morgan fingerprint density at radius 2 is 1.91 bits per heavy atom. The fourth-order valence-corrected chi connectivity index (χ4v) is 3.01. The predicted octanol–water partition coefficient (Wildman–Crippen LogP) is 3.67. The van der Waals surface area contributed by atoms with Crippen LogP contribution in [-0.2, 0) is 11.2 Å². The molecule has 33 heavy (non-hydrogen) atoms. The topological polar surface area (TPSA) is 133 Å². The molecule has 11 heteroatoms. The quantitative estimate of drug-likeness (QED) is 0.594. The van der Waals surface area contributed by atoms with E-state index in [9.17, 15) is 13.6 Å². The summed E-state index contributed by atoms with van der Waals surface area (Å²) in [6, 6.07) is 2.42. The normalized spacial score (nSPS) is 11.4. The van der Waals surface area contributed by atoms with Crippen LogP contribution in [0.15, 0.2) is 18.6 Å². The Morgan fingerprint density at radius 1 is 1.24 bits per heavy atom. The number of nitriles is 1. The summed E-state index contributed by atoms with van der Waals surface area (Å²) in [7, 11) is 1.71. The number of aryl methyl sites for hydroxylation is 1. The summed E-state index contributed by atoms with van der Waals surface area (Å²) in [6.45, 7) is 10.2. The van der Waals surface area contributed by atoms with Crippen LogP contribution in [0, 0.1) is 18.3 Å². The van der Waals surface area contributed by atoms with Gasteiger partial charge in [-0.1, -0.05) is 0 Å². The Morgan fingerprint density at radius 3 is 2.36 bits per heavy atom. The lowest BCUT2D eigenvalue weighted by atomic mass is 10.0. The zero-order valence-electron chi connectivity index (χ0n) is 19.4. The van der Waals surface area contributed by atoms with E-state index in [0.29, 0.717) is 12.0 Å². The van der Waals surface area contributed by atoms with Crippen LogP contribution in [0.2, 0.25) is 0 Å². The molecule has 0 aliphatic heterocycles. The minimum absolute atomic E-state index is 0.126. The molecule has 1 amide bonds. The Kier molecular flexibility index (Phi) is 8.11. The molecule has 0 bridgehead atoms. The van der Waals surface area contributed by atoms with Gasteiger partial charge >= 0.3 is 0 Å². The van der Waals surface area contributed by atoms with Crippen molar-refractivity contribution in [2.24, 2.45) is 5.73 Å². The summed E-state index contributed by atoms with van der Waals surface area (Å²) in [5, 5.41) is 9.14. The van der Waals surface area contributed by atoms with Gasteiger partial charge in [-0.3, -0.25) is 9.78 Å². The maximum Gasteiger partial charge on any atom is 0.281 e. The van der Waals surface area contributed by atoms with Gasteiger partial charge in [-0.05, 0) is 40.2 Å². The van der Waals surface area contributed by atoms with E-state index in [4.69, 9.17) is 20.7 Å². The van der Waals surface area contributed by atoms with E-state index in [-0.39, 0.29) is 17.3 Å². The average molecular weight is 460 g/mol. The number of carbonyl (C=O) groups excluding carboxylic acids is 1. The van der Waals surface area contributed by atoms with E-state index >= 15 is 0 Å². The minimum Gasteiger partial charge on any atom is -0.378 e. The smallest absolute Gasteiger partial charge is 0.281 e. The Labute approximate surface area is 190 Å². The number of ether oxygens (including phenoxy) is 1. The number of halogens is 2. The number of primary amides is 1. The van der Waals surface area contributed by atoms with E-state index in [1.807, 2.05) is 20.8 Å². The first-order valence-electron chi connectivity index (χ1n) is 10.1. The van der Waals surface area contributed by atoms with Crippen molar-refractivity contribution in [1.82, 2.24) is 24.5 Å². The number of hydrogen-bond donors (Lipinski definition) is 1. The molecule has 2 N–H and O–H groups in total. The number of aromatic nitrogens is 5. The van der Waals surface area contributed by atoms with Crippen LogP contribution in [0.5, 0.6) is 0 Å². The summed E-state index contributed by atoms with van der Waals surface area (Å²) >= 11 is 0. The first-order chi connectivity index (χ1) is 15.4. The highest BCUT2D eigenvalue weighted by molar-refractivity contribution is 5.90. The van der Waals surface area contributed by atoms with Crippen LogP contribution in [0.3, 0.4) is 0 Å². The molecule has 0 radical (unpaired) electrons. The van der Waals surface area contributed by atoms with Crippen molar-refractivity contribution in [3.63, 3.8) is 0 Å². The monoisotopic (exact) mass is 459 g/mol. The van der Waals surface area contributed by atoms with Crippen LogP contribution in [-0.4, -0.2) is 43.1 Å². The number of nitrogens with zero attached hydrogens (tertiary/aromatic N) is 6. The van der Waals surface area contributed by atoms with Crippen molar-refractivity contribution in [1.29, 1.82) is 5.26 Å². The largest absolute Gasteiger partial charge is 0.378 e. The number of hydrogen-bond acceptors (Lipinski definition) is 7. The molecule has 0 aliphatic carbocycles. The molecule has 3 heterocycles. The second-order valence-corrected chi connectivity index (χ2v) is 8.20. The molecule has 0 saturated carbocycles. The summed E-state index contributed by atoms with van der Waals surface area (Å²) in [5.41, 5.74) is 7.03. The van der Waals surface area contributed by atoms with Gasteiger partial charge in [0.05, 0.1) is 23.6 Å². The average Bonchev–Trinajstić information content (AvgIpc) is 3.13. The lowest BCUT2D eigenvalue weighted by Gasteiger charge is -2.23. The van der Waals surface area contributed by atoms with Crippen LogP contribution in [0.25, 0.3) is 11.2 Å². The van der Waals surface area contributed by atoms with Crippen molar-refractivity contribution in [3.05, 3.63) is 46.9 Å². The van der Waals surface area contributed by atoms with Gasteiger partial charge in [0.15, 0.2) is 5.65 Å². The number of amides is 1. The number of rotatable bonds is 6. The number of carbonyl (C=O) groups is 1. The molecule has 0 spiro atoms. The molecular weight excluding hydrogens is 432 g/mol. The highest BCUT2D eigenvalue weighted by atomic mass is 19.3. The third kappa shape index (κ3) is 6.04. The summed E-state index contributed by atoms with van der Waals surface area (Å²) < 4.78 is 31.4. The van der Waals surface area contributed by atoms with Crippen molar-refractivity contribution in [2.75, 3.05) is 7.11 Å². The maximum atomic E-state index is 11.9. The lowest BCUT2D eigenvalue weighted by Crippen LogP contribution is -2.27. The summed E-state index contributed by atoms with van der Waals surface area (Å²) in [4.78, 5) is 26.3. The van der Waals surface area contributed by atoms with E-state index in [1.54, 1.807) is 13.3 Å². The van der Waals surface area contributed by atoms with Crippen LogP contribution in [0.1, 0.15) is 73.3 Å². The van der Waals surface area contributed by atoms with Gasteiger partial charge < -0.3 is 15.0 Å². The number of fused-ring (bicyclic) bond motifs is 1.